The van der Waals surface area contributed by atoms with Crippen molar-refractivity contribution in [2.75, 3.05) is 12.4 Å². The van der Waals surface area contributed by atoms with Gasteiger partial charge in [-0.2, -0.15) is 4.98 Å². The Balaban J connectivity index is 2.15. The van der Waals surface area contributed by atoms with Gasteiger partial charge in [0.25, 0.3) is 5.91 Å². The van der Waals surface area contributed by atoms with Crippen molar-refractivity contribution in [3.8, 4) is 0 Å². The van der Waals surface area contributed by atoms with Crippen molar-refractivity contribution in [1.82, 2.24) is 10.3 Å². The second-order valence-corrected chi connectivity index (χ2v) is 3.10. The van der Waals surface area contributed by atoms with E-state index >= 15 is 0 Å². The largest absolute Gasteiger partial charge is 0.423 e. The predicted octanol–water partition coefficient (Wildman–Crippen LogP) is 1.50. The van der Waals surface area contributed by atoms with Crippen molar-refractivity contribution >= 4 is 23.0 Å². The fourth-order valence-electron chi connectivity index (χ4n) is 1.23. The third kappa shape index (κ3) is 2.20. The first-order valence-corrected chi connectivity index (χ1v) is 4.80. The number of hydrogen-bond donors (Lipinski definition) is 2. The van der Waals surface area contributed by atoms with Crippen LogP contribution in [-0.4, -0.2) is 17.9 Å². The second kappa shape index (κ2) is 4.48. The molecule has 0 saturated carbocycles. The topological polar surface area (TPSA) is 67.2 Å². The van der Waals surface area contributed by atoms with Crippen molar-refractivity contribution in [1.29, 1.82) is 0 Å². The number of para-hydroxylation sites is 2. The summed E-state index contributed by atoms with van der Waals surface area (Å²) < 4.78 is 5.32. The van der Waals surface area contributed by atoms with Gasteiger partial charge >= 0.3 is 6.01 Å². The van der Waals surface area contributed by atoms with E-state index in [0.717, 1.165) is 5.52 Å². The molecule has 16 heavy (non-hydrogen) atoms. The number of fused-ring (bicyclic) bond motifs is 1. The fraction of sp³-hybridized carbons (Fsp3) is 0.0909. The molecule has 1 aromatic carbocycles. The lowest BCUT2D eigenvalue weighted by Gasteiger charge is -1.93. The molecule has 0 saturated heterocycles. The number of rotatable bonds is 3. The average molecular weight is 217 g/mol. The summed E-state index contributed by atoms with van der Waals surface area (Å²) in [6, 6.07) is 7.52. The summed E-state index contributed by atoms with van der Waals surface area (Å²) in [4.78, 5) is 15.4. The number of nitrogens with one attached hydrogen (secondary N) is 2. The molecule has 0 bridgehead atoms. The highest BCUT2D eigenvalue weighted by atomic mass is 16.4. The minimum atomic E-state index is -0.291. The molecule has 0 radical (unpaired) electrons. The van der Waals surface area contributed by atoms with E-state index in [4.69, 9.17) is 4.42 Å². The van der Waals surface area contributed by atoms with Crippen LogP contribution in [0.25, 0.3) is 11.1 Å². The molecule has 1 heterocycles. The zero-order chi connectivity index (χ0) is 11.4. The van der Waals surface area contributed by atoms with E-state index in [9.17, 15) is 4.79 Å². The minimum absolute atomic E-state index is 0.201. The lowest BCUT2D eigenvalue weighted by atomic mass is 10.3. The SMILES string of the molecule is CNC=CC(=O)Nc1nc2ccccc2o1. The Labute approximate surface area is 92.2 Å². The van der Waals surface area contributed by atoms with Crippen molar-refractivity contribution < 1.29 is 9.21 Å². The van der Waals surface area contributed by atoms with Gasteiger partial charge < -0.3 is 9.73 Å². The Morgan fingerprint density at radius 2 is 2.25 bits per heavy atom. The van der Waals surface area contributed by atoms with Gasteiger partial charge in [0.1, 0.15) is 5.52 Å². The van der Waals surface area contributed by atoms with E-state index in [-0.39, 0.29) is 11.9 Å². The van der Waals surface area contributed by atoms with Crippen LogP contribution in [0.4, 0.5) is 6.01 Å². The molecule has 0 aliphatic rings. The zero-order valence-electron chi connectivity index (χ0n) is 8.73. The lowest BCUT2D eigenvalue weighted by molar-refractivity contribution is -0.112. The molecule has 1 amide bonds. The average Bonchev–Trinajstić information content (AvgIpc) is 2.68. The highest BCUT2D eigenvalue weighted by molar-refractivity contribution is 5.98. The van der Waals surface area contributed by atoms with Crippen LogP contribution in [0, 0.1) is 0 Å². The van der Waals surface area contributed by atoms with Crippen LogP contribution in [0.5, 0.6) is 0 Å². The van der Waals surface area contributed by atoms with Crippen molar-refractivity contribution in [3.63, 3.8) is 0 Å². The van der Waals surface area contributed by atoms with Gasteiger partial charge in [0.2, 0.25) is 0 Å². The van der Waals surface area contributed by atoms with Crippen LogP contribution in [0.15, 0.2) is 41.0 Å². The number of nitrogens with zero attached hydrogens (tertiary/aromatic N) is 1. The highest BCUT2D eigenvalue weighted by Crippen LogP contribution is 2.17. The predicted molar refractivity (Wildman–Crippen MR) is 60.8 cm³/mol. The number of hydrogen-bond acceptors (Lipinski definition) is 4. The molecular weight excluding hydrogens is 206 g/mol. The molecule has 0 aliphatic carbocycles. The molecule has 0 unspecified atom stereocenters. The van der Waals surface area contributed by atoms with E-state index in [0.29, 0.717) is 5.58 Å². The Morgan fingerprint density at radius 3 is 3.00 bits per heavy atom. The quantitative estimate of drug-likeness (QED) is 0.764. The molecule has 5 nitrogen and oxygen atoms in total. The molecule has 5 heteroatoms. The first-order valence-electron chi connectivity index (χ1n) is 4.80. The molecule has 82 valence electrons. The maximum Gasteiger partial charge on any atom is 0.302 e. The van der Waals surface area contributed by atoms with Crippen LogP contribution in [-0.2, 0) is 4.79 Å². The second-order valence-electron chi connectivity index (χ2n) is 3.10. The summed E-state index contributed by atoms with van der Waals surface area (Å²) in [7, 11) is 1.71. The number of benzene rings is 1. The number of amides is 1. The van der Waals surface area contributed by atoms with Crippen LogP contribution >= 0.6 is 0 Å². The van der Waals surface area contributed by atoms with Crippen LogP contribution in [0.2, 0.25) is 0 Å². The van der Waals surface area contributed by atoms with E-state index in [1.807, 2.05) is 18.2 Å². The summed E-state index contributed by atoms with van der Waals surface area (Å²) in [5, 5.41) is 5.24. The van der Waals surface area contributed by atoms with E-state index in [1.54, 1.807) is 13.1 Å². The molecule has 1 aromatic heterocycles. The van der Waals surface area contributed by atoms with Crippen LogP contribution < -0.4 is 10.6 Å². The maximum absolute atomic E-state index is 11.3. The first kappa shape index (κ1) is 10.2. The van der Waals surface area contributed by atoms with Crippen molar-refractivity contribution in [2.45, 2.75) is 0 Å². The Hall–Kier alpha value is -2.30. The zero-order valence-corrected chi connectivity index (χ0v) is 8.73. The molecule has 0 atom stereocenters. The Morgan fingerprint density at radius 1 is 1.44 bits per heavy atom. The number of anilines is 1. The minimum Gasteiger partial charge on any atom is -0.423 e. The van der Waals surface area contributed by atoms with Crippen molar-refractivity contribution in [2.24, 2.45) is 0 Å². The first-order chi connectivity index (χ1) is 7.79. The molecule has 2 aromatic rings. The standard InChI is InChI=1S/C11H11N3O2/c1-12-7-6-10(15)14-11-13-8-4-2-3-5-9(8)16-11/h2-7,12H,1H3,(H,13,14,15). The number of carbonyl (C=O) groups is 1. The summed E-state index contributed by atoms with van der Waals surface area (Å²) in [6.07, 6.45) is 2.88. The normalized spacial score (nSPS) is 10.8. The highest BCUT2D eigenvalue weighted by Gasteiger charge is 2.06. The Bertz CT molecular complexity index is 498. The van der Waals surface area contributed by atoms with Gasteiger partial charge in [-0.3, -0.25) is 10.1 Å². The van der Waals surface area contributed by atoms with Gasteiger partial charge in [-0.25, -0.2) is 0 Å². The van der Waals surface area contributed by atoms with Gasteiger partial charge in [0.15, 0.2) is 5.58 Å². The van der Waals surface area contributed by atoms with Gasteiger partial charge in [-0.1, -0.05) is 12.1 Å². The Kier molecular flexibility index (Phi) is 2.86. The summed E-state index contributed by atoms with van der Waals surface area (Å²) in [5.74, 6) is -0.291. The van der Waals surface area contributed by atoms with Crippen molar-refractivity contribution in [3.05, 3.63) is 36.5 Å². The van der Waals surface area contributed by atoms with Crippen LogP contribution in [0.1, 0.15) is 0 Å². The van der Waals surface area contributed by atoms with E-state index in [2.05, 4.69) is 15.6 Å². The van der Waals surface area contributed by atoms with E-state index < -0.39 is 0 Å². The molecule has 2 N–H and O–H groups in total. The third-order valence-corrected chi connectivity index (χ3v) is 1.93. The molecular formula is C11H11N3O2. The summed E-state index contributed by atoms with van der Waals surface area (Å²) in [5.41, 5.74) is 1.37. The third-order valence-electron chi connectivity index (χ3n) is 1.93. The molecule has 0 spiro atoms. The number of oxazole rings is 1. The van der Waals surface area contributed by atoms with Gasteiger partial charge in [0, 0.05) is 19.3 Å². The monoisotopic (exact) mass is 217 g/mol. The van der Waals surface area contributed by atoms with Crippen LogP contribution in [0.3, 0.4) is 0 Å². The van der Waals surface area contributed by atoms with Gasteiger partial charge in [-0.15, -0.1) is 0 Å². The number of aromatic nitrogens is 1. The van der Waals surface area contributed by atoms with Gasteiger partial charge in [0.05, 0.1) is 0 Å². The smallest absolute Gasteiger partial charge is 0.302 e. The molecule has 0 fully saturated rings. The maximum atomic E-state index is 11.3. The molecule has 0 aliphatic heterocycles. The summed E-state index contributed by atoms with van der Waals surface area (Å²) in [6.45, 7) is 0. The summed E-state index contributed by atoms with van der Waals surface area (Å²) >= 11 is 0. The molecule has 2 rings (SSSR count). The van der Waals surface area contributed by atoms with E-state index in [1.165, 1.54) is 12.3 Å². The van der Waals surface area contributed by atoms with Gasteiger partial charge in [-0.05, 0) is 12.1 Å². The number of carbonyl (C=O) groups excluding carboxylic acids is 1. The fourth-order valence-corrected chi connectivity index (χ4v) is 1.23. The lowest BCUT2D eigenvalue weighted by Crippen LogP contribution is -2.09.